The molecular weight excluding hydrogens is 489 g/mol. The third-order valence-corrected chi connectivity index (χ3v) is 8.29. The van der Waals surface area contributed by atoms with Crippen molar-refractivity contribution in [1.29, 1.82) is 0 Å². The lowest BCUT2D eigenvalue weighted by molar-refractivity contribution is -0.137. The molecule has 0 aliphatic heterocycles. The van der Waals surface area contributed by atoms with Gasteiger partial charge in [-0.15, -0.1) is 0 Å². The van der Waals surface area contributed by atoms with E-state index in [0.717, 1.165) is 36.2 Å². The summed E-state index contributed by atoms with van der Waals surface area (Å²) in [6.07, 6.45) is 5.60. The highest BCUT2D eigenvalue weighted by Gasteiger charge is 2.29. The molecule has 2 N–H and O–H groups in total. The summed E-state index contributed by atoms with van der Waals surface area (Å²) >= 11 is 0. The van der Waals surface area contributed by atoms with Gasteiger partial charge in [-0.1, -0.05) is 37.8 Å². The zero-order chi connectivity index (χ0) is 26.1. The minimum absolute atomic E-state index is 0.00738. The molecule has 1 fully saturated rings. The lowest BCUT2D eigenvalue weighted by Gasteiger charge is -2.23. The Balaban J connectivity index is 1.83. The third kappa shape index (κ3) is 7.55. The summed E-state index contributed by atoms with van der Waals surface area (Å²) in [4.78, 5) is 28.1. The number of nitrogens with one attached hydrogen (secondary N) is 1. The number of pyridine rings is 1. The molecule has 36 heavy (non-hydrogen) atoms. The van der Waals surface area contributed by atoms with E-state index in [9.17, 15) is 22.4 Å². The Bertz CT molecular complexity index is 1120. The van der Waals surface area contributed by atoms with Gasteiger partial charge in [0, 0.05) is 20.2 Å². The molecule has 1 saturated carbocycles. The number of carboxylic acids is 1. The van der Waals surface area contributed by atoms with E-state index in [-0.39, 0.29) is 42.7 Å². The van der Waals surface area contributed by atoms with Gasteiger partial charge in [0.15, 0.2) is 0 Å². The molecule has 1 aromatic carbocycles. The maximum Gasteiger partial charge on any atom is 0.304 e. The summed E-state index contributed by atoms with van der Waals surface area (Å²) in [5.74, 6) is -1.81. The number of nitrogens with zero attached hydrogens (tertiary/aromatic N) is 2. The molecule has 3 rings (SSSR count). The molecule has 9 nitrogen and oxygen atoms in total. The minimum Gasteiger partial charge on any atom is -0.481 e. The number of sulfonamides is 1. The Labute approximate surface area is 210 Å². The quantitative estimate of drug-likeness (QED) is 0.412. The van der Waals surface area contributed by atoms with E-state index < -0.39 is 27.7 Å². The van der Waals surface area contributed by atoms with E-state index >= 15 is 0 Å². The normalized spacial score (nSPS) is 15.2. The maximum atomic E-state index is 13.2. The number of amides is 1. The highest BCUT2D eigenvalue weighted by molar-refractivity contribution is 7.89. The van der Waals surface area contributed by atoms with Gasteiger partial charge in [0.2, 0.25) is 15.9 Å². The first-order chi connectivity index (χ1) is 17.2. The summed E-state index contributed by atoms with van der Waals surface area (Å²) in [7, 11) is -2.52. The number of carbonyl (C=O) groups is 2. The maximum absolute atomic E-state index is 13.2. The van der Waals surface area contributed by atoms with Crippen LogP contribution in [0.2, 0.25) is 0 Å². The molecule has 1 unspecified atom stereocenters. The van der Waals surface area contributed by atoms with Gasteiger partial charge in [-0.25, -0.2) is 17.8 Å². The zero-order valence-corrected chi connectivity index (χ0v) is 21.0. The number of anilines is 1. The van der Waals surface area contributed by atoms with Gasteiger partial charge in [0.05, 0.1) is 30.0 Å². The number of carbonyl (C=O) groups excluding carboxylic acids is 1. The van der Waals surface area contributed by atoms with E-state index in [1.54, 1.807) is 12.1 Å². The Hall–Kier alpha value is -2.89. The average Bonchev–Trinajstić information content (AvgIpc) is 3.37. The van der Waals surface area contributed by atoms with Gasteiger partial charge in [0.1, 0.15) is 11.6 Å². The fourth-order valence-corrected chi connectivity index (χ4v) is 5.85. The minimum atomic E-state index is -3.96. The molecule has 1 aromatic heterocycles. The van der Waals surface area contributed by atoms with Crippen LogP contribution in [-0.2, 0) is 24.3 Å². The van der Waals surface area contributed by atoms with Crippen LogP contribution in [0.15, 0.2) is 47.5 Å². The zero-order valence-electron chi connectivity index (χ0n) is 20.2. The third-order valence-electron chi connectivity index (χ3n) is 6.38. The molecule has 196 valence electrons. The number of benzene rings is 1. The SMILES string of the molecule is COCCN(CCC(=O)O)S(=O)(=O)c1ccc(C(CC2CCCC2)C(=O)Nc2ccc(F)cn2)cc1. The summed E-state index contributed by atoms with van der Waals surface area (Å²) in [5, 5.41) is 11.7. The average molecular weight is 522 g/mol. The summed E-state index contributed by atoms with van der Waals surface area (Å²) in [6, 6.07) is 8.73. The van der Waals surface area contributed by atoms with Gasteiger partial charge in [-0.2, -0.15) is 4.31 Å². The van der Waals surface area contributed by atoms with Crippen molar-refractivity contribution in [2.24, 2.45) is 5.92 Å². The van der Waals surface area contributed by atoms with Gasteiger partial charge >= 0.3 is 5.97 Å². The van der Waals surface area contributed by atoms with Crippen molar-refractivity contribution in [3.8, 4) is 0 Å². The second-order valence-corrected chi connectivity index (χ2v) is 10.8. The van der Waals surface area contributed by atoms with Crippen molar-refractivity contribution in [2.75, 3.05) is 32.1 Å². The number of aliphatic carboxylic acids is 1. The number of rotatable bonds is 13. The molecule has 0 radical (unpaired) electrons. The van der Waals surface area contributed by atoms with E-state index in [0.29, 0.717) is 17.9 Å². The molecule has 11 heteroatoms. The highest BCUT2D eigenvalue weighted by Crippen LogP contribution is 2.35. The molecule has 1 aliphatic rings. The predicted octanol–water partition coefficient (Wildman–Crippen LogP) is 3.64. The Morgan fingerprint density at radius 2 is 1.86 bits per heavy atom. The molecule has 0 spiro atoms. The van der Waals surface area contributed by atoms with E-state index in [2.05, 4.69) is 10.3 Å². The van der Waals surface area contributed by atoms with E-state index in [1.807, 2.05) is 0 Å². The molecule has 1 amide bonds. The number of ether oxygens (including phenoxy) is 1. The molecule has 2 aromatic rings. The van der Waals surface area contributed by atoms with Gasteiger partial charge in [-0.3, -0.25) is 9.59 Å². The van der Waals surface area contributed by atoms with Crippen LogP contribution < -0.4 is 5.32 Å². The van der Waals surface area contributed by atoms with Crippen molar-refractivity contribution in [1.82, 2.24) is 9.29 Å². The van der Waals surface area contributed by atoms with Crippen molar-refractivity contribution in [2.45, 2.75) is 49.3 Å². The van der Waals surface area contributed by atoms with Crippen LogP contribution in [-0.4, -0.2) is 61.5 Å². The van der Waals surface area contributed by atoms with Crippen molar-refractivity contribution >= 4 is 27.7 Å². The fourth-order valence-electron chi connectivity index (χ4n) is 4.42. The van der Waals surface area contributed by atoms with Crippen LogP contribution in [0.1, 0.15) is 50.0 Å². The van der Waals surface area contributed by atoms with Gasteiger partial charge in [-0.05, 0) is 42.2 Å². The number of hydrogen-bond donors (Lipinski definition) is 2. The largest absolute Gasteiger partial charge is 0.481 e. The van der Waals surface area contributed by atoms with Gasteiger partial charge in [0.25, 0.3) is 0 Å². The smallest absolute Gasteiger partial charge is 0.304 e. The van der Waals surface area contributed by atoms with Crippen LogP contribution >= 0.6 is 0 Å². The van der Waals surface area contributed by atoms with Crippen LogP contribution in [0, 0.1) is 11.7 Å². The van der Waals surface area contributed by atoms with Crippen molar-refractivity contribution < 1.29 is 32.2 Å². The van der Waals surface area contributed by atoms with Crippen LogP contribution in [0.25, 0.3) is 0 Å². The molecule has 1 aliphatic carbocycles. The fraction of sp³-hybridized carbons (Fsp3) is 0.480. The van der Waals surface area contributed by atoms with Crippen LogP contribution in [0.4, 0.5) is 10.2 Å². The first-order valence-electron chi connectivity index (χ1n) is 11.9. The second-order valence-electron chi connectivity index (χ2n) is 8.90. The number of methoxy groups -OCH3 is 1. The second kappa shape index (κ2) is 12.9. The monoisotopic (exact) mass is 521 g/mol. The van der Waals surface area contributed by atoms with Crippen LogP contribution in [0.5, 0.6) is 0 Å². The highest BCUT2D eigenvalue weighted by atomic mass is 32.2. The first kappa shape index (κ1) is 27.7. The first-order valence-corrected chi connectivity index (χ1v) is 13.4. The summed E-state index contributed by atoms with van der Waals surface area (Å²) < 4.78 is 45.6. The number of aromatic nitrogens is 1. The number of hydrogen-bond acceptors (Lipinski definition) is 6. The van der Waals surface area contributed by atoms with E-state index in [4.69, 9.17) is 9.84 Å². The lowest BCUT2D eigenvalue weighted by atomic mass is 9.87. The molecule has 0 saturated heterocycles. The predicted molar refractivity (Wildman–Crippen MR) is 131 cm³/mol. The van der Waals surface area contributed by atoms with Crippen molar-refractivity contribution in [3.63, 3.8) is 0 Å². The lowest BCUT2D eigenvalue weighted by Crippen LogP contribution is -2.35. The molecule has 0 bridgehead atoms. The van der Waals surface area contributed by atoms with Gasteiger partial charge < -0.3 is 15.2 Å². The number of halogens is 1. The number of carboxylic acid groups (broad SMARTS) is 1. The Morgan fingerprint density at radius 3 is 2.44 bits per heavy atom. The Morgan fingerprint density at radius 1 is 1.17 bits per heavy atom. The molecule has 1 heterocycles. The summed E-state index contributed by atoms with van der Waals surface area (Å²) in [6.45, 7) is -0.0383. The van der Waals surface area contributed by atoms with Crippen LogP contribution in [0.3, 0.4) is 0 Å². The molecule has 1 atom stereocenters. The summed E-state index contributed by atoms with van der Waals surface area (Å²) in [5.41, 5.74) is 0.662. The standard InChI is InChI=1S/C25H32FN3O6S/c1-35-15-14-29(13-12-24(30)31)36(33,34)21-9-6-19(7-10-21)22(16-18-4-2-3-5-18)25(32)28-23-11-8-20(26)17-27-23/h6-11,17-18,22H,2-5,12-16H2,1H3,(H,30,31)(H,27,28,32). The van der Waals surface area contributed by atoms with Crippen molar-refractivity contribution in [3.05, 3.63) is 54.0 Å². The van der Waals surface area contributed by atoms with E-state index in [1.165, 1.54) is 31.4 Å². The molecular formula is C25H32FN3O6S. The topological polar surface area (TPSA) is 126 Å². The Kier molecular flexibility index (Phi) is 9.91.